The summed E-state index contributed by atoms with van der Waals surface area (Å²) in [6, 6.07) is 4.12. The lowest BCUT2D eigenvalue weighted by molar-refractivity contribution is 0.216. The Morgan fingerprint density at radius 3 is 2.87 bits per heavy atom. The number of ether oxygens (including phenoxy) is 1. The normalized spacial score (nSPS) is 18.9. The highest BCUT2D eigenvalue weighted by Gasteiger charge is 2.17. The van der Waals surface area contributed by atoms with Gasteiger partial charge >= 0.3 is 0 Å². The summed E-state index contributed by atoms with van der Waals surface area (Å²) in [5.41, 5.74) is 0.844. The first-order valence-electron chi connectivity index (χ1n) is 4.75. The quantitative estimate of drug-likeness (QED) is 0.834. The molecule has 1 fully saturated rings. The fraction of sp³-hybridized carbons (Fsp3) is 0.500. The van der Waals surface area contributed by atoms with Crippen LogP contribution in [0.3, 0.4) is 0 Å². The van der Waals surface area contributed by atoms with Crippen molar-refractivity contribution in [2.45, 2.75) is 19.4 Å². The van der Waals surface area contributed by atoms with Crippen LogP contribution in [-0.2, 0) is 0 Å². The van der Waals surface area contributed by atoms with E-state index < -0.39 is 0 Å². The molecule has 1 aliphatic heterocycles. The smallest absolute Gasteiger partial charge is 0.140 e. The lowest BCUT2D eigenvalue weighted by Crippen LogP contribution is -2.46. The lowest BCUT2D eigenvalue weighted by atomic mass is 10.1. The van der Waals surface area contributed by atoms with Crippen molar-refractivity contribution in [3.8, 4) is 5.75 Å². The Hall–Kier alpha value is -0.510. The van der Waals surface area contributed by atoms with Gasteiger partial charge in [-0.1, -0.05) is 11.6 Å². The summed E-state index contributed by atoms with van der Waals surface area (Å²) in [5.74, 6) is 0.822. The Labute approximate surface area is 101 Å². The maximum absolute atomic E-state index is 5.74. The summed E-state index contributed by atoms with van der Waals surface area (Å²) in [7, 11) is 0. The minimum absolute atomic E-state index is 0. The average Bonchev–Trinajstić information content (AvgIpc) is 2.05. The van der Waals surface area contributed by atoms with Crippen molar-refractivity contribution < 1.29 is 4.74 Å². The van der Waals surface area contributed by atoms with Crippen LogP contribution >= 0.6 is 24.0 Å². The molecule has 2 heterocycles. The molecule has 0 aliphatic carbocycles. The lowest BCUT2D eigenvalue weighted by Gasteiger charge is -2.27. The second kappa shape index (κ2) is 5.54. The molecule has 0 bridgehead atoms. The van der Waals surface area contributed by atoms with Crippen LogP contribution in [0.2, 0.25) is 5.15 Å². The van der Waals surface area contributed by atoms with Gasteiger partial charge in [-0.2, -0.15) is 0 Å². The van der Waals surface area contributed by atoms with Gasteiger partial charge in [-0.25, -0.2) is 4.98 Å². The molecule has 0 spiro atoms. The SMILES string of the molecule is Cc1nc(Cl)ccc1OC[C@@H]1CCN1.Cl. The van der Waals surface area contributed by atoms with Gasteiger partial charge in [0, 0.05) is 6.04 Å². The van der Waals surface area contributed by atoms with Crippen LogP contribution in [0.4, 0.5) is 0 Å². The van der Waals surface area contributed by atoms with Gasteiger partial charge < -0.3 is 10.1 Å². The molecule has 0 aromatic carbocycles. The molecule has 1 aliphatic rings. The number of rotatable bonds is 3. The molecule has 1 saturated heterocycles. The summed E-state index contributed by atoms with van der Waals surface area (Å²) in [6.07, 6.45) is 1.19. The van der Waals surface area contributed by atoms with E-state index in [4.69, 9.17) is 16.3 Å². The topological polar surface area (TPSA) is 34.1 Å². The highest BCUT2D eigenvalue weighted by atomic mass is 35.5. The second-order valence-electron chi connectivity index (χ2n) is 3.47. The van der Waals surface area contributed by atoms with E-state index in [-0.39, 0.29) is 12.4 Å². The molecule has 5 heteroatoms. The minimum Gasteiger partial charge on any atom is -0.490 e. The zero-order valence-electron chi connectivity index (χ0n) is 8.50. The van der Waals surface area contributed by atoms with Gasteiger partial charge in [-0.15, -0.1) is 12.4 Å². The zero-order chi connectivity index (χ0) is 9.97. The Morgan fingerprint density at radius 2 is 2.33 bits per heavy atom. The second-order valence-corrected chi connectivity index (χ2v) is 3.86. The summed E-state index contributed by atoms with van der Waals surface area (Å²) >= 11 is 5.74. The number of aromatic nitrogens is 1. The molecule has 2 rings (SSSR count). The molecular formula is C10H14Cl2N2O. The molecule has 0 unspecified atom stereocenters. The molecule has 1 aromatic rings. The van der Waals surface area contributed by atoms with Crippen molar-refractivity contribution in [2.24, 2.45) is 0 Å². The zero-order valence-corrected chi connectivity index (χ0v) is 10.1. The number of nitrogens with zero attached hydrogens (tertiary/aromatic N) is 1. The third-order valence-electron chi connectivity index (χ3n) is 2.37. The Bertz CT molecular complexity index is 329. The van der Waals surface area contributed by atoms with E-state index in [1.54, 1.807) is 6.07 Å². The first-order chi connectivity index (χ1) is 6.75. The molecule has 1 N–H and O–H groups in total. The van der Waals surface area contributed by atoms with E-state index in [1.807, 2.05) is 13.0 Å². The van der Waals surface area contributed by atoms with Gasteiger partial charge in [0.2, 0.25) is 0 Å². The highest BCUT2D eigenvalue weighted by molar-refractivity contribution is 6.29. The predicted octanol–water partition coefficient (Wildman–Crippen LogP) is 2.21. The maximum atomic E-state index is 5.74. The van der Waals surface area contributed by atoms with Crippen LogP contribution in [0.5, 0.6) is 5.75 Å². The summed E-state index contributed by atoms with van der Waals surface area (Å²) in [5, 5.41) is 3.79. The number of pyridine rings is 1. The van der Waals surface area contributed by atoms with Crippen LogP contribution in [0.25, 0.3) is 0 Å². The third-order valence-corrected chi connectivity index (χ3v) is 2.58. The molecule has 1 aromatic heterocycles. The predicted molar refractivity (Wildman–Crippen MR) is 63.1 cm³/mol. The number of aryl methyl sites for hydroxylation is 1. The average molecular weight is 249 g/mol. The van der Waals surface area contributed by atoms with E-state index in [2.05, 4.69) is 10.3 Å². The van der Waals surface area contributed by atoms with Gasteiger partial charge in [-0.3, -0.25) is 0 Å². The minimum atomic E-state index is 0. The van der Waals surface area contributed by atoms with Crippen molar-refractivity contribution >= 4 is 24.0 Å². The molecular weight excluding hydrogens is 235 g/mol. The van der Waals surface area contributed by atoms with E-state index in [9.17, 15) is 0 Å². The number of halogens is 2. The Morgan fingerprint density at radius 1 is 1.60 bits per heavy atom. The first kappa shape index (κ1) is 12.6. The fourth-order valence-corrected chi connectivity index (χ4v) is 1.54. The Balaban J connectivity index is 0.00000112. The van der Waals surface area contributed by atoms with Gasteiger partial charge in [0.05, 0.1) is 5.69 Å². The van der Waals surface area contributed by atoms with Crippen LogP contribution in [0.15, 0.2) is 12.1 Å². The van der Waals surface area contributed by atoms with Crippen LogP contribution < -0.4 is 10.1 Å². The first-order valence-corrected chi connectivity index (χ1v) is 5.13. The van der Waals surface area contributed by atoms with Gasteiger partial charge in [0.15, 0.2) is 0 Å². The summed E-state index contributed by atoms with van der Waals surface area (Å²) < 4.78 is 5.61. The monoisotopic (exact) mass is 248 g/mol. The molecule has 84 valence electrons. The third kappa shape index (κ3) is 3.23. The van der Waals surface area contributed by atoms with Crippen molar-refractivity contribution in [1.29, 1.82) is 0 Å². The summed E-state index contributed by atoms with van der Waals surface area (Å²) in [4.78, 5) is 4.12. The molecule has 0 radical (unpaired) electrons. The van der Waals surface area contributed by atoms with Gasteiger partial charge in [0.1, 0.15) is 17.5 Å². The highest BCUT2D eigenvalue weighted by Crippen LogP contribution is 2.18. The largest absolute Gasteiger partial charge is 0.490 e. The number of hydrogen-bond acceptors (Lipinski definition) is 3. The van der Waals surface area contributed by atoms with Crippen molar-refractivity contribution in [2.75, 3.05) is 13.2 Å². The maximum Gasteiger partial charge on any atom is 0.140 e. The van der Waals surface area contributed by atoms with Gasteiger partial charge in [0.25, 0.3) is 0 Å². The van der Waals surface area contributed by atoms with E-state index in [1.165, 1.54) is 6.42 Å². The van der Waals surface area contributed by atoms with Crippen molar-refractivity contribution in [1.82, 2.24) is 10.3 Å². The summed E-state index contributed by atoms with van der Waals surface area (Å²) in [6.45, 7) is 3.71. The van der Waals surface area contributed by atoms with Gasteiger partial charge in [-0.05, 0) is 32.0 Å². The number of nitrogens with one attached hydrogen (secondary N) is 1. The van der Waals surface area contributed by atoms with E-state index >= 15 is 0 Å². The van der Waals surface area contributed by atoms with Crippen LogP contribution in [0, 0.1) is 6.92 Å². The van der Waals surface area contributed by atoms with E-state index in [0.29, 0.717) is 17.8 Å². The standard InChI is InChI=1S/C10H13ClN2O.ClH/c1-7-9(2-3-10(11)13-7)14-6-8-4-5-12-8;/h2-3,8,12H,4-6H2,1H3;1H/t8-;/m0./s1. The molecule has 15 heavy (non-hydrogen) atoms. The van der Waals surface area contributed by atoms with E-state index in [0.717, 1.165) is 18.0 Å². The van der Waals surface area contributed by atoms with Crippen LogP contribution in [-0.4, -0.2) is 24.2 Å². The molecule has 1 atom stereocenters. The molecule has 3 nitrogen and oxygen atoms in total. The fourth-order valence-electron chi connectivity index (χ4n) is 1.35. The van der Waals surface area contributed by atoms with Crippen molar-refractivity contribution in [3.63, 3.8) is 0 Å². The van der Waals surface area contributed by atoms with Crippen LogP contribution in [0.1, 0.15) is 12.1 Å². The van der Waals surface area contributed by atoms with Crippen molar-refractivity contribution in [3.05, 3.63) is 23.0 Å². The molecule has 0 amide bonds. The molecule has 0 saturated carbocycles. The number of hydrogen-bond donors (Lipinski definition) is 1. The Kier molecular flexibility index (Phi) is 4.64.